The molecular weight excluding hydrogens is 214 g/mol. The van der Waals surface area contributed by atoms with E-state index in [-0.39, 0.29) is 12.0 Å². The van der Waals surface area contributed by atoms with Gasteiger partial charge in [0.05, 0.1) is 7.05 Å². The molecule has 0 aliphatic heterocycles. The molecular formula is C12H17N5. The Bertz CT molecular complexity index is 465. The van der Waals surface area contributed by atoms with E-state index in [0.29, 0.717) is 0 Å². The minimum absolute atomic E-state index is 0.00000567. The van der Waals surface area contributed by atoms with Crippen molar-refractivity contribution < 1.29 is 0 Å². The molecule has 17 heavy (non-hydrogen) atoms. The lowest BCUT2D eigenvalue weighted by atomic mass is 9.92. The second-order valence-corrected chi connectivity index (χ2v) is 4.31. The fraction of sp³-hybridized carbons (Fsp3) is 0.417. The van der Waals surface area contributed by atoms with Gasteiger partial charge >= 0.3 is 0 Å². The Hall–Kier alpha value is -1.75. The van der Waals surface area contributed by atoms with E-state index in [1.807, 2.05) is 30.3 Å². The first kappa shape index (κ1) is 11.7. The number of rotatable bonds is 4. The first-order valence-electron chi connectivity index (χ1n) is 5.70. The van der Waals surface area contributed by atoms with Crippen LogP contribution in [0.5, 0.6) is 0 Å². The van der Waals surface area contributed by atoms with Crippen molar-refractivity contribution in [2.45, 2.75) is 19.4 Å². The lowest BCUT2D eigenvalue weighted by Gasteiger charge is -2.18. The third-order valence-electron chi connectivity index (χ3n) is 2.85. The average Bonchev–Trinajstić information content (AvgIpc) is 2.75. The molecule has 0 saturated carbocycles. The Labute approximate surface area is 101 Å². The van der Waals surface area contributed by atoms with Gasteiger partial charge < -0.3 is 5.73 Å². The predicted octanol–water partition coefficient (Wildman–Crippen LogP) is 1.09. The molecule has 2 rings (SSSR count). The molecule has 0 amide bonds. The zero-order chi connectivity index (χ0) is 12.3. The van der Waals surface area contributed by atoms with Gasteiger partial charge in [0.1, 0.15) is 0 Å². The molecule has 90 valence electrons. The Morgan fingerprint density at radius 3 is 2.59 bits per heavy atom. The average molecular weight is 231 g/mol. The van der Waals surface area contributed by atoms with E-state index in [1.54, 1.807) is 7.05 Å². The minimum Gasteiger partial charge on any atom is -0.324 e. The van der Waals surface area contributed by atoms with Crippen molar-refractivity contribution in [3.8, 4) is 0 Å². The van der Waals surface area contributed by atoms with E-state index < -0.39 is 0 Å². The van der Waals surface area contributed by atoms with Gasteiger partial charge in [-0.2, -0.15) is 4.80 Å². The lowest BCUT2D eigenvalue weighted by molar-refractivity contribution is 0.457. The molecule has 2 unspecified atom stereocenters. The summed E-state index contributed by atoms with van der Waals surface area (Å²) in [5.41, 5.74) is 7.35. The Balaban J connectivity index is 2.03. The zero-order valence-corrected chi connectivity index (χ0v) is 10.1. The van der Waals surface area contributed by atoms with Gasteiger partial charge in [-0.15, -0.1) is 10.2 Å². The maximum Gasteiger partial charge on any atom is 0.175 e. The van der Waals surface area contributed by atoms with Crippen molar-refractivity contribution in [2.24, 2.45) is 18.7 Å². The molecule has 1 aromatic heterocycles. The fourth-order valence-electron chi connectivity index (χ4n) is 1.82. The smallest absolute Gasteiger partial charge is 0.175 e. The number of tetrazole rings is 1. The Morgan fingerprint density at radius 2 is 2.00 bits per heavy atom. The van der Waals surface area contributed by atoms with Crippen LogP contribution in [0.1, 0.15) is 24.4 Å². The predicted molar refractivity (Wildman–Crippen MR) is 65.0 cm³/mol. The molecule has 1 aromatic carbocycles. The van der Waals surface area contributed by atoms with Crippen molar-refractivity contribution >= 4 is 0 Å². The summed E-state index contributed by atoms with van der Waals surface area (Å²) in [5, 5.41) is 12.0. The van der Waals surface area contributed by atoms with Crippen LogP contribution in [0.2, 0.25) is 0 Å². The second-order valence-electron chi connectivity index (χ2n) is 4.31. The minimum atomic E-state index is 0.00000567. The van der Waals surface area contributed by atoms with Crippen LogP contribution in [0.15, 0.2) is 30.3 Å². The number of nitrogens with two attached hydrogens (primary N) is 1. The van der Waals surface area contributed by atoms with E-state index in [9.17, 15) is 0 Å². The normalized spacial score (nSPS) is 14.5. The van der Waals surface area contributed by atoms with Crippen LogP contribution < -0.4 is 5.73 Å². The highest BCUT2D eigenvalue weighted by Gasteiger charge is 2.17. The monoisotopic (exact) mass is 231 g/mol. The summed E-state index contributed by atoms with van der Waals surface area (Å²) < 4.78 is 0. The van der Waals surface area contributed by atoms with E-state index >= 15 is 0 Å². The molecule has 0 aliphatic carbocycles. The van der Waals surface area contributed by atoms with Gasteiger partial charge in [-0.05, 0) is 16.7 Å². The summed E-state index contributed by atoms with van der Waals surface area (Å²) in [6, 6.07) is 10.1. The number of aromatic nitrogens is 4. The molecule has 0 aliphatic rings. The van der Waals surface area contributed by atoms with Gasteiger partial charge in [-0.3, -0.25) is 0 Å². The summed E-state index contributed by atoms with van der Waals surface area (Å²) >= 11 is 0. The molecule has 0 fully saturated rings. The van der Waals surface area contributed by atoms with Gasteiger partial charge in [-0.25, -0.2) is 0 Å². The number of nitrogens with zero attached hydrogens (tertiary/aromatic N) is 4. The first-order valence-corrected chi connectivity index (χ1v) is 5.70. The van der Waals surface area contributed by atoms with Crippen LogP contribution in [0.3, 0.4) is 0 Å². The fourth-order valence-corrected chi connectivity index (χ4v) is 1.82. The highest BCUT2D eigenvalue weighted by atomic mass is 15.6. The molecule has 0 radical (unpaired) electrons. The second kappa shape index (κ2) is 5.05. The molecule has 0 saturated heterocycles. The topological polar surface area (TPSA) is 69.6 Å². The van der Waals surface area contributed by atoms with Crippen molar-refractivity contribution in [1.29, 1.82) is 0 Å². The van der Waals surface area contributed by atoms with Crippen molar-refractivity contribution in [3.63, 3.8) is 0 Å². The SMILES string of the molecule is CC(Cc1nnn(C)n1)C(N)c1ccccc1. The lowest BCUT2D eigenvalue weighted by Crippen LogP contribution is -2.21. The van der Waals surface area contributed by atoms with E-state index in [0.717, 1.165) is 17.8 Å². The highest BCUT2D eigenvalue weighted by molar-refractivity contribution is 5.19. The molecule has 0 spiro atoms. The summed E-state index contributed by atoms with van der Waals surface area (Å²) in [6.07, 6.45) is 0.740. The van der Waals surface area contributed by atoms with Gasteiger partial charge in [0.15, 0.2) is 5.82 Å². The molecule has 2 atom stereocenters. The van der Waals surface area contributed by atoms with Crippen LogP contribution in [-0.2, 0) is 13.5 Å². The standard InChI is InChI=1S/C12H17N5/c1-9(8-11-14-16-17(2)15-11)12(13)10-6-4-3-5-7-10/h3-7,9,12H,8,13H2,1-2H3. The van der Waals surface area contributed by atoms with Gasteiger partial charge in [-0.1, -0.05) is 37.3 Å². The number of aryl methyl sites for hydroxylation is 1. The van der Waals surface area contributed by atoms with Gasteiger partial charge in [0.2, 0.25) is 0 Å². The van der Waals surface area contributed by atoms with Crippen molar-refractivity contribution in [2.75, 3.05) is 0 Å². The largest absolute Gasteiger partial charge is 0.324 e. The van der Waals surface area contributed by atoms with Crippen molar-refractivity contribution in [3.05, 3.63) is 41.7 Å². The maximum absolute atomic E-state index is 6.21. The van der Waals surface area contributed by atoms with E-state index in [1.165, 1.54) is 4.80 Å². The van der Waals surface area contributed by atoms with Crippen LogP contribution in [0.25, 0.3) is 0 Å². The summed E-state index contributed by atoms with van der Waals surface area (Å²) in [5.74, 6) is 1.02. The third kappa shape index (κ3) is 2.88. The van der Waals surface area contributed by atoms with E-state index in [4.69, 9.17) is 5.73 Å². The quantitative estimate of drug-likeness (QED) is 0.855. The first-order chi connectivity index (χ1) is 8.16. The zero-order valence-electron chi connectivity index (χ0n) is 10.1. The molecule has 0 bridgehead atoms. The van der Waals surface area contributed by atoms with Crippen LogP contribution in [0, 0.1) is 5.92 Å². The third-order valence-corrected chi connectivity index (χ3v) is 2.85. The maximum atomic E-state index is 6.21. The molecule has 5 heteroatoms. The van der Waals surface area contributed by atoms with Crippen molar-refractivity contribution in [1.82, 2.24) is 20.2 Å². The van der Waals surface area contributed by atoms with E-state index in [2.05, 4.69) is 22.3 Å². The molecule has 2 N–H and O–H groups in total. The summed E-state index contributed by atoms with van der Waals surface area (Å²) in [4.78, 5) is 1.47. The van der Waals surface area contributed by atoms with Crippen LogP contribution in [0.4, 0.5) is 0 Å². The Morgan fingerprint density at radius 1 is 1.29 bits per heavy atom. The summed E-state index contributed by atoms with van der Waals surface area (Å²) in [7, 11) is 1.76. The van der Waals surface area contributed by atoms with Gasteiger partial charge in [0.25, 0.3) is 0 Å². The molecule has 5 nitrogen and oxygen atoms in total. The summed E-state index contributed by atoms with van der Waals surface area (Å²) in [6.45, 7) is 2.11. The van der Waals surface area contributed by atoms with Gasteiger partial charge in [0, 0.05) is 12.5 Å². The molecule has 1 heterocycles. The van der Waals surface area contributed by atoms with Crippen LogP contribution >= 0.6 is 0 Å². The number of benzene rings is 1. The number of hydrogen-bond acceptors (Lipinski definition) is 4. The Kier molecular flexibility index (Phi) is 3.49. The molecule has 2 aromatic rings. The highest BCUT2D eigenvalue weighted by Crippen LogP contribution is 2.21. The van der Waals surface area contributed by atoms with Crippen LogP contribution in [-0.4, -0.2) is 20.2 Å². The number of hydrogen-bond donors (Lipinski definition) is 1.